The molecular weight excluding hydrogens is 263 g/mol. The van der Waals surface area contributed by atoms with Gasteiger partial charge in [0, 0.05) is 12.1 Å². The van der Waals surface area contributed by atoms with Gasteiger partial charge in [-0.2, -0.15) is 0 Å². The first kappa shape index (κ1) is 13.0. The van der Waals surface area contributed by atoms with Crippen LogP contribution in [0.3, 0.4) is 0 Å². The van der Waals surface area contributed by atoms with Gasteiger partial charge in [-0.1, -0.05) is 0 Å². The van der Waals surface area contributed by atoms with Gasteiger partial charge in [0.15, 0.2) is 11.6 Å². The molecule has 0 aliphatic carbocycles. The molecule has 0 atom stereocenters. The maximum absolute atomic E-state index is 13.3. The van der Waals surface area contributed by atoms with Crippen LogP contribution in [0.4, 0.5) is 18.9 Å². The molecule has 100 valence electrons. The van der Waals surface area contributed by atoms with E-state index < -0.39 is 29.1 Å². The first-order valence-electron chi connectivity index (χ1n) is 5.16. The van der Waals surface area contributed by atoms with E-state index in [0.29, 0.717) is 12.1 Å². The number of hydrogen-bond acceptors (Lipinski definition) is 3. The number of nitrogens with one attached hydrogen (secondary N) is 1. The van der Waals surface area contributed by atoms with Gasteiger partial charge in [-0.3, -0.25) is 0 Å². The van der Waals surface area contributed by atoms with Crippen molar-refractivity contribution in [1.29, 1.82) is 0 Å². The average molecular weight is 271 g/mol. The highest BCUT2D eigenvalue weighted by molar-refractivity contribution is 5.87. The maximum Gasteiger partial charge on any atom is 0.338 e. The quantitative estimate of drug-likeness (QED) is 0.897. The zero-order chi connectivity index (χ0) is 14.0. The summed E-state index contributed by atoms with van der Waals surface area (Å²) in [4.78, 5) is 10.6. The molecule has 7 heteroatoms. The summed E-state index contributed by atoms with van der Waals surface area (Å²) in [6.45, 7) is -0.132. The molecule has 0 bridgehead atoms. The summed E-state index contributed by atoms with van der Waals surface area (Å²) in [6.07, 6.45) is 1.01. The fourth-order valence-electron chi connectivity index (χ4n) is 1.47. The maximum atomic E-state index is 13.3. The van der Waals surface area contributed by atoms with Crippen LogP contribution >= 0.6 is 0 Å². The minimum atomic E-state index is -1.17. The Kier molecular flexibility index (Phi) is 3.46. The molecular formula is C12H8F3NO3. The molecule has 0 spiro atoms. The molecule has 2 N–H and O–H groups in total. The van der Waals surface area contributed by atoms with E-state index in [1.54, 1.807) is 0 Å². The standard InChI is InChI=1S/C12H8F3NO3/c13-7-2-9(14)11(10(15)3-7)16-4-8-1-6(5-19-8)12(17)18/h1-3,5,16H,4H2,(H,17,18). The highest BCUT2D eigenvalue weighted by Crippen LogP contribution is 2.21. The second kappa shape index (κ2) is 5.05. The van der Waals surface area contributed by atoms with Crippen molar-refractivity contribution < 1.29 is 27.5 Å². The summed E-state index contributed by atoms with van der Waals surface area (Å²) < 4.78 is 44.1. The predicted molar refractivity (Wildman–Crippen MR) is 59.3 cm³/mol. The fraction of sp³-hybridized carbons (Fsp3) is 0.0833. The van der Waals surface area contributed by atoms with Gasteiger partial charge in [-0.05, 0) is 6.07 Å². The van der Waals surface area contributed by atoms with Crippen molar-refractivity contribution in [2.45, 2.75) is 6.54 Å². The second-order valence-corrected chi connectivity index (χ2v) is 3.70. The number of anilines is 1. The first-order valence-corrected chi connectivity index (χ1v) is 5.16. The van der Waals surface area contributed by atoms with E-state index in [1.165, 1.54) is 6.07 Å². The van der Waals surface area contributed by atoms with Crippen LogP contribution in [0.1, 0.15) is 16.1 Å². The van der Waals surface area contributed by atoms with Crippen molar-refractivity contribution in [2.24, 2.45) is 0 Å². The zero-order valence-electron chi connectivity index (χ0n) is 9.41. The van der Waals surface area contributed by atoms with Crippen molar-refractivity contribution in [3.63, 3.8) is 0 Å². The van der Waals surface area contributed by atoms with Crippen LogP contribution in [0, 0.1) is 17.5 Å². The number of benzene rings is 1. The van der Waals surface area contributed by atoms with Gasteiger partial charge in [0.2, 0.25) is 0 Å². The van der Waals surface area contributed by atoms with E-state index in [-0.39, 0.29) is 17.9 Å². The number of carboxylic acid groups (broad SMARTS) is 1. The molecule has 2 aromatic rings. The van der Waals surface area contributed by atoms with E-state index in [1.807, 2.05) is 0 Å². The van der Waals surface area contributed by atoms with Crippen molar-refractivity contribution in [3.8, 4) is 0 Å². The monoisotopic (exact) mass is 271 g/mol. The van der Waals surface area contributed by atoms with Crippen LogP contribution in [-0.4, -0.2) is 11.1 Å². The largest absolute Gasteiger partial charge is 0.478 e. The Hall–Kier alpha value is -2.44. The summed E-state index contributed by atoms with van der Waals surface area (Å²) in [7, 11) is 0. The van der Waals surface area contributed by atoms with Crippen LogP contribution in [0.2, 0.25) is 0 Å². The zero-order valence-corrected chi connectivity index (χ0v) is 9.41. The number of halogens is 3. The number of furan rings is 1. The highest BCUT2D eigenvalue weighted by atomic mass is 19.1. The Labute approximate surface area is 105 Å². The van der Waals surface area contributed by atoms with Crippen molar-refractivity contribution in [1.82, 2.24) is 0 Å². The number of carbonyl (C=O) groups is 1. The number of rotatable bonds is 4. The molecule has 2 rings (SSSR count). The number of aromatic carboxylic acids is 1. The lowest BCUT2D eigenvalue weighted by atomic mass is 10.2. The summed E-state index contributed by atoms with van der Waals surface area (Å²) >= 11 is 0. The smallest absolute Gasteiger partial charge is 0.338 e. The van der Waals surface area contributed by atoms with Crippen LogP contribution in [0.5, 0.6) is 0 Å². The molecule has 0 aliphatic heterocycles. The van der Waals surface area contributed by atoms with Gasteiger partial charge in [0.05, 0.1) is 12.1 Å². The molecule has 0 aliphatic rings. The lowest BCUT2D eigenvalue weighted by Crippen LogP contribution is -2.04. The molecule has 0 saturated carbocycles. The Balaban J connectivity index is 2.12. The lowest BCUT2D eigenvalue weighted by Gasteiger charge is -2.07. The lowest BCUT2D eigenvalue weighted by molar-refractivity contribution is 0.0696. The number of carboxylic acids is 1. The number of hydrogen-bond donors (Lipinski definition) is 2. The van der Waals surface area contributed by atoms with Gasteiger partial charge in [-0.15, -0.1) is 0 Å². The Morgan fingerprint density at radius 1 is 1.21 bits per heavy atom. The van der Waals surface area contributed by atoms with Crippen molar-refractivity contribution in [2.75, 3.05) is 5.32 Å². The predicted octanol–water partition coefficient (Wildman–Crippen LogP) is 3.01. The van der Waals surface area contributed by atoms with Crippen LogP contribution < -0.4 is 5.32 Å². The van der Waals surface area contributed by atoms with Crippen molar-refractivity contribution >= 4 is 11.7 Å². The van der Waals surface area contributed by atoms with Crippen molar-refractivity contribution in [3.05, 3.63) is 53.2 Å². The molecule has 1 aromatic heterocycles. The molecule has 0 amide bonds. The molecule has 1 heterocycles. The molecule has 0 unspecified atom stereocenters. The van der Waals surface area contributed by atoms with E-state index in [4.69, 9.17) is 9.52 Å². The van der Waals surface area contributed by atoms with Crippen LogP contribution in [0.25, 0.3) is 0 Å². The van der Waals surface area contributed by atoms with Gasteiger partial charge in [-0.25, -0.2) is 18.0 Å². The van der Waals surface area contributed by atoms with E-state index in [2.05, 4.69) is 5.32 Å². The van der Waals surface area contributed by atoms with Crippen LogP contribution in [0.15, 0.2) is 28.9 Å². The van der Waals surface area contributed by atoms with Gasteiger partial charge < -0.3 is 14.8 Å². The molecule has 4 nitrogen and oxygen atoms in total. The third kappa shape index (κ3) is 2.87. The average Bonchev–Trinajstić information content (AvgIpc) is 2.76. The topological polar surface area (TPSA) is 62.5 Å². The SMILES string of the molecule is O=C(O)c1coc(CNc2c(F)cc(F)cc2F)c1. The minimum absolute atomic E-state index is 0.0724. The Morgan fingerprint density at radius 2 is 1.84 bits per heavy atom. The third-order valence-electron chi connectivity index (χ3n) is 2.35. The molecule has 0 fully saturated rings. The summed E-state index contributed by atoms with van der Waals surface area (Å²) in [5.74, 6) is -4.17. The molecule has 19 heavy (non-hydrogen) atoms. The van der Waals surface area contributed by atoms with E-state index in [0.717, 1.165) is 6.26 Å². The Bertz CT molecular complexity index is 601. The first-order chi connectivity index (χ1) is 8.97. The third-order valence-corrected chi connectivity index (χ3v) is 2.35. The summed E-state index contributed by atoms with van der Waals surface area (Å²) in [5.41, 5.74) is -0.577. The Morgan fingerprint density at radius 3 is 2.37 bits per heavy atom. The fourth-order valence-corrected chi connectivity index (χ4v) is 1.47. The molecule has 1 aromatic carbocycles. The van der Waals surface area contributed by atoms with E-state index >= 15 is 0 Å². The minimum Gasteiger partial charge on any atom is -0.478 e. The van der Waals surface area contributed by atoms with Gasteiger partial charge in [0.1, 0.15) is 23.5 Å². The van der Waals surface area contributed by atoms with E-state index in [9.17, 15) is 18.0 Å². The van der Waals surface area contributed by atoms with Crippen LogP contribution in [-0.2, 0) is 6.54 Å². The summed E-state index contributed by atoms with van der Waals surface area (Å²) in [5, 5.41) is 11.0. The second-order valence-electron chi connectivity index (χ2n) is 3.70. The highest BCUT2D eigenvalue weighted by Gasteiger charge is 2.13. The molecule has 0 saturated heterocycles. The van der Waals surface area contributed by atoms with Gasteiger partial charge >= 0.3 is 5.97 Å². The summed E-state index contributed by atoms with van der Waals surface area (Å²) in [6, 6.07) is 2.29. The van der Waals surface area contributed by atoms with Gasteiger partial charge in [0.25, 0.3) is 0 Å². The molecule has 0 radical (unpaired) electrons. The normalized spacial score (nSPS) is 10.5.